The fourth-order valence-electron chi connectivity index (χ4n) is 2.68. The normalized spacial score (nSPS) is 10.4. The molecule has 0 unspecified atom stereocenters. The van der Waals surface area contributed by atoms with Crippen LogP contribution in [-0.2, 0) is 0 Å². The molecule has 26 heavy (non-hydrogen) atoms. The van der Waals surface area contributed by atoms with Crippen molar-refractivity contribution in [1.82, 2.24) is 0 Å². The molecular formula is C21H16FNO3. The first kappa shape index (κ1) is 17.4. The average molecular weight is 349 g/mol. The Labute approximate surface area is 149 Å². The molecule has 0 aliphatic heterocycles. The third-order valence-corrected chi connectivity index (χ3v) is 3.97. The number of amides is 1. The number of benzene rings is 3. The molecule has 0 aliphatic carbocycles. The molecule has 0 radical (unpaired) electrons. The van der Waals surface area contributed by atoms with E-state index in [1.807, 2.05) is 31.2 Å². The SMILES string of the molecule is Cc1cccc(-c2ccc(NC(=O)c3ccccc3C(=O)O)c(F)c2)c1. The fraction of sp³-hybridized carbons (Fsp3) is 0.0476. The van der Waals surface area contributed by atoms with Crippen LogP contribution < -0.4 is 5.32 Å². The van der Waals surface area contributed by atoms with Crippen LogP contribution in [-0.4, -0.2) is 17.0 Å². The van der Waals surface area contributed by atoms with Gasteiger partial charge in [0.2, 0.25) is 0 Å². The van der Waals surface area contributed by atoms with E-state index in [0.29, 0.717) is 5.56 Å². The Morgan fingerprint density at radius 3 is 2.23 bits per heavy atom. The molecule has 3 rings (SSSR count). The Balaban J connectivity index is 1.87. The predicted octanol–water partition coefficient (Wildman–Crippen LogP) is 4.75. The van der Waals surface area contributed by atoms with Crippen LogP contribution in [0.15, 0.2) is 66.7 Å². The minimum atomic E-state index is -1.22. The first-order valence-corrected chi connectivity index (χ1v) is 7.96. The summed E-state index contributed by atoms with van der Waals surface area (Å²) in [6.07, 6.45) is 0. The van der Waals surface area contributed by atoms with Crippen molar-refractivity contribution in [1.29, 1.82) is 0 Å². The quantitative estimate of drug-likeness (QED) is 0.714. The second-order valence-electron chi connectivity index (χ2n) is 5.87. The van der Waals surface area contributed by atoms with E-state index < -0.39 is 17.7 Å². The maximum absolute atomic E-state index is 14.4. The maximum atomic E-state index is 14.4. The van der Waals surface area contributed by atoms with E-state index in [1.54, 1.807) is 12.1 Å². The zero-order chi connectivity index (χ0) is 18.7. The highest BCUT2D eigenvalue weighted by molar-refractivity contribution is 6.10. The molecule has 130 valence electrons. The van der Waals surface area contributed by atoms with Crippen molar-refractivity contribution in [2.75, 3.05) is 5.32 Å². The van der Waals surface area contributed by atoms with E-state index in [9.17, 15) is 14.0 Å². The highest BCUT2D eigenvalue weighted by Crippen LogP contribution is 2.25. The minimum Gasteiger partial charge on any atom is -0.478 e. The largest absolute Gasteiger partial charge is 0.478 e. The van der Waals surface area contributed by atoms with Gasteiger partial charge in [-0.2, -0.15) is 0 Å². The number of aromatic carboxylic acids is 1. The number of hydrogen-bond acceptors (Lipinski definition) is 2. The molecular weight excluding hydrogens is 333 g/mol. The summed E-state index contributed by atoms with van der Waals surface area (Å²) in [6.45, 7) is 1.95. The van der Waals surface area contributed by atoms with E-state index in [2.05, 4.69) is 5.32 Å². The van der Waals surface area contributed by atoms with Crippen molar-refractivity contribution in [3.63, 3.8) is 0 Å². The van der Waals surface area contributed by atoms with Gasteiger partial charge in [-0.05, 0) is 42.3 Å². The fourth-order valence-corrected chi connectivity index (χ4v) is 2.68. The van der Waals surface area contributed by atoms with Gasteiger partial charge in [0.1, 0.15) is 5.82 Å². The van der Waals surface area contributed by atoms with Crippen molar-refractivity contribution in [2.45, 2.75) is 6.92 Å². The molecule has 0 aliphatic rings. The summed E-state index contributed by atoms with van der Waals surface area (Å²) < 4.78 is 14.4. The van der Waals surface area contributed by atoms with Gasteiger partial charge in [-0.1, -0.05) is 48.0 Å². The summed E-state index contributed by atoms with van der Waals surface area (Å²) in [7, 11) is 0. The van der Waals surface area contributed by atoms with Crippen molar-refractivity contribution in [2.24, 2.45) is 0 Å². The lowest BCUT2D eigenvalue weighted by atomic mass is 10.0. The lowest BCUT2D eigenvalue weighted by Gasteiger charge is -2.10. The van der Waals surface area contributed by atoms with Gasteiger partial charge in [0.25, 0.3) is 5.91 Å². The van der Waals surface area contributed by atoms with Crippen molar-refractivity contribution in [3.8, 4) is 11.1 Å². The van der Waals surface area contributed by atoms with Gasteiger partial charge in [0.05, 0.1) is 16.8 Å². The van der Waals surface area contributed by atoms with Crippen LogP contribution >= 0.6 is 0 Å². The maximum Gasteiger partial charge on any atom is 0.336 e. The van der Waals surface area contributed by atoms with Crippen LogP contribution in [0.3, 0.4) is 0 Å². The summed E-state index contributed by atoms with van der Waals surface area (Å²) in [5.41, 5.74) is 2.45. The molecule has 0 saturated heterocycles. The highest BCUT2D eigenvalue weighted by atomic mass is 19.1. The molecule has 3 aromatic rings. The third kappa shape index (κ3) is 3.62. The number of carbonyl (C=O) groups excluding carboxylic acids is 1. The average Bonchev–Trinajstić information content (AvgIpc) is 2.63. The molecule has 0 bridgehead atoms. The Kier molecular flexibility index (Phi) is 4.80. The van der Waals surface area contributed by atoms with E-state index >= 15 is 0 Å². The number of hydrogen-bond donors (Lipinski definition) is 2. The number of carboxylic acid groups (broad SMARTS) is 1. The topological polar surface area (TPSA) is 66.4 Å². The minimum absolute atomic E-state index is 0.00778. The van der Waals surface area contributed by atoms with Crippen molar-refractivity contribution < 1.29 is 19.1 Å². The number of carboxylic acids is 1. The van der Waals surface area contributed by atoms with Crippen LogP contribution in [0, 0.1) is 12.7 Å². The smallest absolute Gasteiger partial charge is 0.336 e. The van der Waals surface area contributed by atoms with Crippen molar-refractivity contribution >= 4 is 17.6 Å². The first-order valence-electron chi connectivity index (χ1n) is 7.96. The Morgan fingerprint density at radius 2 is 1.58 bits per heavy atom. The molecule has 5 heteroatoms. The Morgan fingerprint density at radius 1 is 0.885 bits per heavy atom. The second-order valence-corrected chi connectivity index (χ2v) is 5.87. The van der Waals surface area contributed by atoms with Gasteiger partial charge in [-0.25, -0.2) is 9.18 Å². The molecule has 3 aromatic carbocycles. The molecule has 0 fully saturated rings. The standard InChI is InChI=1S/C21H16FNO3/c1-13-5-4-6-14(11-13)15-9-10-19(18(22)12-15)23-20(24)16-7-2-3-8-17(16)21(25)26/h2-12H,1H3,(H,23,24)(H,25,26). The predicted molar refractivity (Wildman–Crippen MR) is 97.9 cm³/mol. The van der Waals surface area contributed by atoms with Gasteiger partial charge in [0.15, 0.2) is 0 Å². The summed E-state index contributed by atoms with van der Waals surface area (Å²) in [5, 5.41) is 11.6. The second kappa shape index (κ2) is 7.19. The molecule has 1 amide bonds. The number of carbonyl (C=O) groups is 2. The number of nitrogens with one attached hydrogen (secondary N) is 1. The van der Waals surface area contributed by atoms with E-state index in [0.717, 1.165) is 11.1 Å². The van der Waals surface area contributed by atoms with Gasteiger partial charge in [-0.3, -0.25) is 4.79 Å². The third-order valence-electron chi connectivity index (χ3n) is 3.97. The van der Waals surface area contributed by atoms with Crippen molar-refractivity contribution in [3.05, 3.63) is 89.2 Å². The molecule has 0 atom stereocenters. The number of rotatable bonds is 4. The molecule has 0 saturated carbocycles. The molecule has 0 spiro atoms. The number of anilines is 1. The van der Waals surface area contributed by atoms with E-state index in [-0.39, 0.29) is 16.8 Å². The Hall–Kier alpha value is -3.47. The Bertz CT molecular complexity index is 998. The number of halogens is 1. The number of aryl methyl sites for hydroxylation is 1. The highest BCUT2D eigenvalue weighted by Gasteiger charge is 2.17. The lowest BCUT2D eigenvalue weighted by Crippen LogP contribution is -2.17. The zero-order valence-corrected chi connectivity index (χ0v) is 14.0. The van der Waals surface area contributed by atoms with Gasteiger partial charge in [-0.15, -0.1) is 0 Å². The molecule has 4 nitrogen and oxygen atoms in total. The van der Waals surface area contributed by atoms with Crippen LogP contribution in [0.5, 0.6) is 0 Å². The summed E-state index contributed by atoms with van der Waals surface area (Å²) in [6, 6.07) is 18.0. The van der Waals surface area contributed by atoms with Gasteiger partial charge in [0, 0.05) is 0 Å². The monoisotopic (exact) mass is 349 g/mol. The lowest BCUT2D eigenvalue weighted by molar-refractivity contribution is 0.0692. The summed E-state index contributed by atoms with van der Waals surface area (Å²) in [5.74, 6) is -2.48. The van der Waals surface area contributed by atoms with Crippen LogP contribution in [0.25, 0.3) is 11.1 Å². The van der Waals surface area contributed by atoms with Crippen LogP contribution in [0.2, 0.25) is 0 Å². The van der Waals surface area contributed by atoms with Crippen LogP contribution in [0.1, 0.15) is 26.3 Å². The zero-order valence-electron chi connectivity index (χ0n) is 14.0. The summed E-state index contributed by atoms with van der Waals surface area (Å²) >= 11 is 0. The molecule has 0 heterocycles. The van der Waals surface area contributed by atoms with E-state index in [4.69, 9.17) is 5.11 Å². The first-order chi connectivity index (χ1) is 12.5. The summed E-state index contributed by atoms with van der Waals surface area (Å²) in [4.78, 5) is 23.6. The van der Waals surface area contributed by atoms with Gasteiger partial charge < -0.3 is 10.4 Å². The molecule has 0 aromatic heterocycles. The van der Waals surface area contributed by atoms with Crippen LogP contribution in [0.4, 0.5) is 10.1 Å². The molecule has 2 N–H and O–H groups in total. The van der Waals surface area contributed by atoms with Gasteiger partial charge >= 0.3 is 5.97 Å². The van der Waals surface area contributed by atoms with E-state index in [1.165, 1.54) is 30.3 Å².